The van der Waals surface area contributed by atoms with E-state index < -0.39 is 0 Å². The maximum Gasteiger partial charge on any atom is 0.0309 e. The smallest absolute Gasteiger partial charge is 0.0309 e. The summed E-state index contributed by atoms with van der Waals surface area (Å²) in [6.07, 6.45) is 9.12. The number of hydrogen-bond donors (Lipinski definition) is 1. The molecule has 1 saturated carbocycles. The lowest BCUT2D eigenvalue weighted by Crippen LogP contribution is -2.05. The minimum absolute atomic E-state index is 0.830. The van der Waals surface area contributed by atoms with Crippen molar-refractivity contribution in [1.82, 2.24) is 4.72 Å². The van der Waals surface area contributed by atoms with Gasteiger partial charge in [0.1, 0.15) is 0 Å². The van der Waals surface area contributed by atoms with Crippen molar-refractivity contribution in [2.45, 2.75) is 44.6 Å². The van der Waals surface area contributed by atoms with Gasteiger partial charge < -0.3 is 0 Å². The van der Waals surface area contributed by atoms with Gasteiger partial charge in [-0.3, -0.25) is 4.72 Å². The van der Waals surface area contributed by atoms with Gasteiger partial charge >= 0.3 is 0 Å². The highest BCUT2D eigenvalue weighted by Gasteiger charge is 2.14. The van der Waals surface area contributed by atoms with Crippen molar-refractivity contribution in [1.29, 1.82) is 0 Å². The van der Waals surface area contributed by atoms with Gasteiger partial charge in [-0.15, -0.1) is 0 Å². The van der Waals surface area contributed by atoms with Gasteiger partial charge in [-0.2, -0.15) is 0 Å². The summed E-state index contributed by atoms with van der Waals surface area (Å²) in [5.74, 6) is 0.830. The van der Waals surface area contributed by atoms with E-state index in [2.05, 4.69) is 35.2 Å². The molecule has 1 fully saturated rings. The monoisotopic (exact) mass is 235 g/mol. The van der Waals surface area contributed by atoms with Crippen molar-refractivity contribution >= 4 is 11.9 Å². The third-order valence-electron chi connectivity index (χ3n) is 3.48. The van der Waals surface area contributed by atoms with E-state index in [1.54, 1.807) is 17.5 Å². The molecule has 0 heterocycles. The summed E-state index contributed by atoms with van der Waals surface area (Å²) in [5, 5.41) is 0. The van der Waals surface area contributed by atoms with Gasteiger partial charge in [-0.1, -0.05) is 55.5 Å². The minimum Gasteiger partial charge on any atom is -0.260 e. The minimum atomic E-state index is 0.830. The Labute approximate surface area is 103 Å². The molecule has 0 spiro atoms. The maximum absolute atomic E-state index is 3.28. The topological polar surface area (TPSA) is 12.0 Å². The van der Waals surface area contributed by atoms with Crippen LogP contribution in [0.2, 0.25) is 0 Å². The molecule has 0 aromatic heterocycles. The summed E-state index contributed by atoms with van der Waals surface area (Å²) in [6, 6.07) is 9.20. The molecule has 1 N–H and O–H groups in total. The van der Waals surface area contributed by atoms with Crippen LogP contribution in [0.1, 0.15) is 49.1 Å². The molecule has 0 saturated heterocycles. The standard InChI is InChI=1S/C14H21NS/c1-16-15-11-12-7-9-14(10-8-12)13-5-3-2-4-6-13/h7-10,13,15H,2-6,11H2,1H3. The highest BCUT2D eigenvalue weighted by atomic mass is 32.2. The average molecular weight is 235 g/mol. The van der Waals surface area contributed by atoms with Crippen molar-refractivity contribution in [2.75, 3.05) is 6.26 Å². The molecule has 88 valence electrons. The second kappa shape index (κ2) is 6.31. The first-order valence-electron chi connectivity index (χ1n) is 6.25. The molecule has 0 bridgehead atoms. The number of hydrogen-bond acceptors (Lipinski definition) is 2. The predicted molar refractivity (Wildman–Crippen MR) is 72.6 cm³/mol. The van der Waals surface area contributed by atoms with Gasteiger partial charge in [0.2, 0.25) is 0 Å². The fourth-order valence-corrected chi connectivity index (χ4v) is 2.81. The van der Waals surface area contributed by atoms with Crippen LogP contribution in [0.5, 0.6) is 0 Å². The van der Waals surface area contributed by atoms with E-state index in [1.807, 2.05) is 0 Å². The van der Waals surface area contributed by atoms with Gasteiger partial charge in [0.25, 0.3) is 0 Å². The van der Waals surface area contributed by atoms with Crippen LogP contribution in [-0.4, -0.2) is 6.26 Å². The van der Waals surface area contributed by atoms with Gasteiger partial charge in [0, 0.05) is 6.54 Å². The first-order chi connectivity index (χ1) is 7.90. The summed E-state index contributed by atoms with van der Waals surface area (Å²) in [5.41, 5.74) is 2.93. The molecule has 16 heavy (non-hydrogen) atoms. The van der Waals surface area contributed by atoms with Gasteiger partial charge in [0.15, 0.2) is 0 Å². The molecule has 0 amide bonds. The second-order valence-corrected chi connectivity index (χ2v) is 5.30. The molecule has 1 nitrogen and oxygen atoms in total. The summed E-state index contributed by atoms with van der Waals surface area (Å²) in [6.45, 7) is 0.964. The number of rotatable bonds is 4. The molecule has 0 radical (unpaired) electrons. The summed E-state index contributed by atoms with van der Waals surface area (Å²) in [7, 11) is 0. The van der Waals surface area contributed by atoms with Crippen LogP contribution in [0.3, 0.4) is 0 Å². The molecule has 2 heteroatoms. The van der Waals surface area contributed by atoms with Crippen LogP contribution in [0.15, 0.2) is 24.3 Å². The average Bonchev–Trinajstić information content (AvgIpc) is 2.38. The molecule has 2 rings (SSSR count). The normalized spacial score (nSPS) is 17.6. The van der Waals surface area contributed by atoms with E-state index in [-0.39, 0.29) is 0 Å². The zero-order valence-corrected chi connectivity index (χ0v) is 10.9. The van der Waals surface area contributed by atoms with Crippen molar-refractivity contribution in [3.05, 3.63) is 35.4 Å². The predicted octanol–water partition coefficient (Wildman–Crippen LogP) is 4.10. The zero-order chi connectivity index (χ0) is 11.2. The van der Waals surface area contributed by atoms with E-state index in [9.17, 15) is 0 Å². The molecule has 1 aromatic rings. The molecular formula is C14H21NS. The zero-order valence-electron chi connectivity index (χ0n) is 10.0. The van der Waals surface area contributed by atoms with Gasteiger partial charge in [-0.05, 0) is 36.1 Å². The van der Waals surface area contributed by atoms with Crippen LogP contribution >= 0.6 is 11.9 Å². The number of nitrogens with one attached hydrogen (secondary N) is 1. The molecule has 0 aliphatic heterocycles. The fraction of sp³-hybridized carbons (Fsp3) is 0.571. The maximum atomic E-state index is 3.28. The Hall–Kier alpha value is -0.470. The SMILES string of the molecule is CSNCc1ccc(C2CCCCC2)cc1. The lowest BCUT2D eigenvalue weighted by molar-refractivity contribution is 0.443. The van der Waals surface area contributed by atoms with Crippen LogP contribution in [0, 0.1) is 0 Å². The van der Waals surface area contributed by atoms with E-state index in [1.165, 1.54) is 37.7 Å². The Morgan fingerprint density at radius 3 is 2.44 bits per heavy atom. The van der Waals surface area contributed by atoms with E-state index in [0.717, 1.165) is 12.5 Å². The quantitative estimate of drug-likeness (QED) is 0.788. The summed E-state index contributed by atoms with van der Waals surface area (Å²) in [4.78, 5) is 0. The second-order valence-electron chi connectivity index (χ2n) is 4.60. The third kappa shape index (κ3) is 3.26. The van der Waals surface area contributed by atoms with Crippen LogP contribution in [0.4, 0.5) is 0 Å². The third-order valence-corrected chi connectivity index (χ3v) is 3.91. The Balaban J connectivity index is 1.95. The van der Waals surface area contributed by atoms with Gasteiger partial charge in [-0.25, -0.2) is 0 Å². The lowest BCUT2D eigenvalue weighted by atomic mass is 9.84. The van der Waals surface area contributed by atoms with E-state index >= 15 is 0 Å². The first-order valence-corrected chi connectivity index (χ1v) is 7.47. The lowest BCUT2D eigenvalue weighted by Gasteiger charge is -2.22. The van der Waals surface area contributed by atoms with Crippen LogP contribution in [-0.2, 0) is 6.54 Å². The first kappa shape index (κ1) is 12.0. The van der Waals surface area contributed by atoms with Crippen molar-refractivity contribution in [3.63, 3.8) is 0 Å². The number of benzene rings is 1. The van der Waals surface area contributed by atoms with Crippen LogP contribution in [0.25, 0.3) is 0 Å². The summed E-state index contributed by atoms with van der Waals surface area (Å²) < 4.78 is 3.28. The Morgan fingerprint density at radius 1 is 1.12 bits per heavy atom. The Bertz CT molecular complexity index is 301. The molecular weight excluding hydrogens is 214 g/mol. The van der Waals surface area contributed by atoms with E-state index in [0.29, 0.717) is 0 Å². The fourth-order valence-electron chi connectivity index (χ4n) is 2.50. The molecule has 0 atom stereocenters. The van der Waals surface area contributed by atoms with Crippen molar-refractivity contribution in [3.8, 4) is 0 Å². The highest BCUT2D eigenvalue weighted by molar-refractivity contribution is 7.96. The summed E-state index contributed by atoms with van der Waals surface area (Å²) >= 11 is 1.68. The van der Waals surface area contributed by atoms with Crippen molar-refractivity contribution in [2.24, 2.45) is 0 Å². The Morgan fingerprint density at radius 2 is 1.81 bits per heavy atom. The molecule has 0 unspecified atom stereocenters. The van der Waals surface area contributed by atoms with E-state index in [4.69, 9.17) is 0 Å². The molecule has 1 aromatic carbocycles. The molecule has 1 aliphatic carbocycles. The van der Waals surface area contributed by atoms with Crippen molar-refractivity contribution < 1.29 is 0 Å². The molecule has 1 aliphatic rings. The van der Waals surface area contributed by atoms with Gasteiger partial charge in [0.05, 0.1) is 0 Å². The Kier molecular flexibility index (Phi) is 4.73. The highest BCUT2D eigenvalue weighted by Crippen LogP contribution is 2.32. The van der Waals surface area contributed by atoms with Crippen LogP contribution < -0.4 is 4.72 Å². The largest absolute Gasteiger partial charge is 0.260 e.